The Hall–Kier alpha value is -1.88. The number of aryl methyl sites for hydroxylation is 3. The fraction of sp³-hybridized carbons (Fsp3) is 0.150. The first-order valence-corrected chi connectivity index (χ1v) is 8.78. The lowest BCUT2D eigenvalue weighted by Crippen LogP contribution is -1.88. The second-order valence-electron chi connectivity index (χ2n) is 6.03. The van der Waals surface area contributed by atoms with E-state index >= 15 is 0 Å². The molecule has 3 aromatic rings. The molecule has 0 unspecified atom stereocenters. The van der Waals surface area contributed by atoms with Crippen molar-refractivity contribution < 1.29 is 5.11 Å². The molecule has 0 amide bonds. The SMILES string of the molecule is Cc1cc(I)c(O)c(C=Nc2ccc3c4c(cccc24)CC3)c1. The number of phenols is 1. The van der Waals surface area contributed by atoms with Crippen molar-refractivity contribution in [1.82, 2.24) is 0 Å². The number of hydrogen-bond donors (Lipinski definition) is 1. The molecule has 0 atom stereocenters. The van der Waals surface area contributed by atoms with Crippen molar-refractivity contribution in [2.24, 2.45) is 4.99 Å². The fourth-order valence-corrected chi connectivity index (χ4v) is 4.15. The number of aliphatic imine (C=N–C) groups is 1. The highest BCUT2D eigenvalue weighted by Crippen LogP contribution is 2.36. The van der Waals surface area contributed by atoms with Crippen LogP contribution in [0.4, 0.5) is 5.69 Å². The van der Waals surface area contributed by atoms with Crippen LogP contribution in [-0.2, 0) is 12.8 Å². The van der Waals surface area contributed by atoms with E-state index in [1.54, 1.807) is 6.21 Å². The molecule has 0 aromatic heterocycles. The highest BCUT2D eigenvalue weighted by Gasteiger charge is 2.15. The number of hydrogen-bond acceptors (Lipinski definition) is 2. The molecule has 23 heavy (non-hydrogen) atoms. The van der Waals surface area contributed by atoms with Crippen molar-refractivity contribution in [3.05, 3.63) is 68.3 Å². The smallest absolute Gasteiger partial charge is 0.137 e. The second-order valence-corrected chi connectivity index (χ2v) is 7.19. The van der Waals surface area contributed by atoms with Crippen LogP contribution < -0.4 is 0 Å². The Balaban J connectivity index is 1.83. The third-order valence-corrected chi connectivity index (χ3v) is 5.26. The summed E-state index contributed by atoms with van der Waals surface area (Å²) < 4.78 is 0.851. The molecule has 1 aliphatic carbocycles. The van der Waals surface area contributed by atoms with Crippen molar-refractivity contribution >= 4 is 45.3 Å². The van der Waals surface area contributed by atoms with E-state index in [0.29, 0.717) is 5.75 Å². The van der Waals surface area contributed by atoms with Crippen molar-refractivity contribution in [3.8, 4) is 5.75 Å². The number of phenolic OH excluding ortho intramolecular Hbond substituents is 1. The molecular weight excluding hydrogens is 397 g/mol. The van der Waals surface area contributed by atoms with Crippen LogP contribution in [0.25, 0.3) is 10.8 Å². The van der Waals surface area contributed by atoms with Crippen LogP contribution in [-0.4, -0.2) is 11.3 Å². The van der Waals surface area contributed by atoms with Gasteiger partial charge in [0.1, 0.15) is 5.75 Å². The van der Waals surface area contributed by atoms with Gasteiger partial charge in [-0.05, 0) is 82.6 Å². The minimum atomic E-state index is 0.297. The molecule has 114 valence electrons. The first kappa shape index (κ1) is 14.7. The number of rotatable bonds is 2. The molecule has 0 spiro atoms. The standard InChI is InChI=1S/C20H16INO/c1-12-9-15(20(23)17(21)10-12)11-22-18-8-7-14-6-5-13-3-2-4-16(18)19(13)14/h2-4,7-11,23H,5-6H2,1H3. The van der Waals surface area contributed by atoms with E-state index in [2.05, 4.69) is 57.9 Å². The van der Waals surface area contributed by atoms with Crippen LogP contribution >= 0.6 is 22.6 Å². The molecule has 0 heterocycles. The molecule has 3 heteroatoms. The van der Waals surface area contributed by atoms with Gasteiger partial charge in [0.05, 0.1) is 9.26 Å². The first-order chi connectivity index (χ1) is 11.1. The van der Waals surface area contributed by atoms with Gasteiger partial charge in [-0.2, -0.15) is 0 Å². The highest BCUT2D eigenvalue weighted by atomic mass is 127. The Morgan fingerprint density at radius 1 is 1.09 bits per heavy atom. The number of nitrogens with zero attached hydrogens (tertiary/aromatic N) is 1. The van der Waals surface area contributed by atoms with Gasteiger partial charge in [0.15, 0.2) is 0 Å². The third kappa shape index (κ3) is 2.53. The largest absolute Gasteiger partial charge is 0.506 e. The average molecular weight is 413 g/mol. The van der Waals surface area contributed by atoms with Gasteiger partial charge in [-0.1, -0.05) is 24.3 Å². The molecule has 1 aliphatic rings. The lowest BCUT2D eigenvalue weighted by Gasteiger charge is -2.06. The van der Waals surface area contributed by atoms with E-state index in [9.17, 15) is 5.11 Å². The quantitative estimate of drug-likeness (QED) is 0.449. The first-order valence-electron chi connectivity index (χ1n) is 7.70. The van der Waals surface area contributed by atoms with Gasteiger partial charge < -0.3 is 5.11 Å². The van der Waals surface area contributed by atoms with Crippen LogP contribution in [0.15, 0.2) is 47.5 Å². The van der Waals surface area contributed by atoms with Crippen molar-refractivity contribution in [2.45, 2.75) is 19.8 Å². The predicted molar refractivity (Wildman–Crippen MR) is 104 cm³/mol. The zero-order valence-electron chi connectivity index (χ0n) is 12.8. The van der Waals surface area contributed by atoms with Crippen LogP contribution in [0.3, 0.4) is 0 Å². The average Bonchev–Trinajstić information content (AvgIpc) is 2.96. The molecule has 3 aromatic carbocycles. The van der Waals surface area contributed by atoms with Crippen LogP contribution in [0.2, 0.25) is 0 Å². The maximum Gasteiger partial charge on any atom is 0.137 e. The Morgan fingerprint density at radius 3 is 2.70 bits per heavy atom. The molecule has 0 radical (unpaired) electrons. The molecule has 4 rings (SSSR count). The van der Waals surface area contributed by atoms with Crippen LogP contribution in [0.5, 0.6) is 5.75 Å². The summed E-state index contributed by atoms with van der Waals surface area (Å²) in [6.45, 7) is 2.03. The molecule has 0 saturated carbocycles. The lowest BCUT2D eigenvalue weighted by molar-refractivity contribution is 0.470. The van der Waals surface area contributed by atoms with Gasteiger partial charge in [0.25, 0.3) is 0 Å². The van der Waals surface area contributed by atoms with Gasteiger partial charge in [-0.15, -0.1) is 0 Å². The normalized spacial score (nSPS) is 13.3. The van der Waals surface area contributed by atoms with Gasteiger partial charge in [-0.3, -0.25) is 4.99 Å². The zero-order chi connectivity index (χ0) is 16.0. The summed E-state index contributed by atoms with van der Waals surface area (Å²) in [5.74, 6) is 0.297. The second kappa shape index (κ2) is 5.64. The Bertz CT molecular complexity index is 949. The van der Waals surface area contributed by atoms with Gasteiger partial charge in [0, 0.05) is 17.2 Å². The summed E-state index contributed by atoms with van der Waals surface area (Å²) in [5.41, 5.74) is 5.68. The summed E-state index contributed by atoms with van der Waals surface area (Å²) in [5, 5.41) is 12.8. The van der Waals surface area contributed by atoms with Crippen LogP contribution in [0.1, 0.15) is 22.3 Å². The minimum absolute atomic E-state index is 0.297. The highest BCUT2D eigenvalue weighted by molar-refractivity contribution is 14.1. The molecule has 1 N–H and O–H groups in total. The minimum Gasteiger partial charge on any atom is -0.506 e. The summed E-state index contributed by atoms with van der Waals surface area (Å²) in [4.78, 5) is 4.67. The molecule has 0 bridgehead atoms. The lowest BCUT2D eigenvalue weighted by atomic mass is 10.0. The number of halogens is 1. The summed E-state index contributed by atoms with van der Waals surface area (Å²) in [7, 11) is 0. The van der Waals surface area contributed by atoms with E-state index in [0.717, 1.165) is 33.2 Å². The zero-order valence-corrected chi connectivity index (χ0v) is 15.0. The maximum absolute atomic E-state index is 10.2. The van der Waals surface area contributed by atoms with E-state index in [-0.39, 0.29) is 0 Å². The molecular formula is C20H16INO. The van der Waals surface area contributed by atoms with Gasteiger partial charge >= 0.3 is 0 Å². The van der Waals surface area contributed by atoms with E-state index in [1.807, 2.05) is 19.1 Å². The molecule has 0 fully saturated rings. The van der Waals surface area contributed by atoms with Crippen molar-refractivity contribution in [1.29, 1.82) is 0 Å². The third-order valence-electron chi connectivity index (χ3n) is 4.43. The summed E-state index contributed by atoms with van der Waals surface area (Å²) >= 11 is 2.15. The van der Waals surface area contributed by atoms with Gasteiger partial charge in [-0.25, -0.2) is 0 Å². The van der Waals surface area contributed by atoms with Crippen molar-refractivity contribution in [3.63, 3.8) is 0 Å². The Labute approximate surface area is 149 Å². The van der Waals surface area contributed by atoms with Crippen LogP contribution in [0, 0.1) is 10.5 Å². The number of benzene rings is 3. The Kier molecular flexibility index (Phi) is 3.60. The Morgan fingerprint density at radius 2 is 1.87 bits per heavy atom. The summed E-state index contributed by atoms with van der Waals surface area (Å²) in [6.07, 6.45) is 4.01. The monoisotopic (exact) mass is 413 g/mol. The topological polar surface area (TPSA) is 32.6 Å². The van der Waals surface area contributed by atoms with E-state index in [1.165, 1.54) is 21.9 Å². The number of aromatic hydroxyl groups is 1. The van der Waals surface area contributed by atoms with E-state index in [4.69, 9.17) is 0 Å². The molecule has 0 aliphatic heterocycles. The summed E-state index contributed by atoms with van der Waals surface area (Å²) in [6, 6.07) is 14.7. The predicted octanol–water partition coefficient (Wildman–Crippen LogP) is 5.31. The molecule has 0 saturated heterocycles. The fourth-order valence-electron chi connectivity index (χ4n) is 3.34. The van der Waals surface area contributed by atoms with E-state index < -0.39 is 0 Å². The molecule has 2 nitrogen and oxygen atoms in total. The van der Waals surface area contributed by atoms with Crippen molar-refractivity contribution in [2.75, 3.05) is 0 Å². The maximum atomic E-state index is 10.2. The van der Waals surface area contributed by atoms with Gasteiger partial charge in [0.2, 0.25) is 0 Å².